The molecule has 90 valence electrons. The van der Waals surface area contributed by atoms with Crippen LogP contribution in [0, 0.1) is 0 Å². The summed E-state index contributed by atoms with van der Waals surface area (Å²) >= 11 is 0. The van der Waals surface area contributed by atoms with Crippen molar-refractivity contribution in [3.8, 4) is 5.75 Å². The minimum Gasteiger partial charge on any atom is -0.453 e. The lowest BCUT2D eigenvalue weighted by molar-refractivity contribution is -0.0682. The largest absolute Gasteiger partial charge is 0.453 e. The zero-order valence-corrected chi connectivity index (χ0v) is 9.18. The van der Waals surface area contributed by atoms with Crippen LogP contribution in [0.1, 0.15) is 0 Å². The van der Waals surface area contributed by atoms with Crippen molar-refractivity contribution in [1.29, 1.82) is 0 Å². The summed E-state index contributed by atoms with van der Waals surface area (Å²) in [5.74, 6) is -0.551. The van der Waals surface area contributed by atoms with Crippen molar-refractivity contribution in [3.05, 3.63) is 24.3 Å². The van der Waals surface area contributed by atoms with Crippen LogP contribution in [0.5, 0.6) is 5.75 Å². The van der Waals surface area contributed by atoms with Gasteiger partial charge in [0.1, 0.15) is 10.6 Å². The first-order chi connectivity index (χ1) is 7.32. The summed E-state index contributed by atoms with van der Waals surface area (Å²) in [6, 6.07) is 4.66. The summed E-state index contributed by atoms with van der Waals surface area (Å²) in [5, 5.41) is 0. The highest BCUT2D eigenvalue weighted by Crippen LogP contribution is 2.28. The van der Waals surface area contributed by atoms with Gasteiger partial charge in [0.05, 0.1) is 0 Å². The lowest BCUT2D eigenvalue weighted by Gasteiger charge is -2.12. The van der Waals surface area contributed by atoms with Crippen LogP contribution < -0.4 is 4.74 Å². The molecule has 0 N–H and O–H groups in total. The van der Waals surface area contributed by atoms with Gasteiger partial charge in [-0.05, 0) is 12.1 Å². The standard InChI is InChI=1S/C8H6ClF3O3S/c9-16(13,14)6-4-2-1-3-5(6)15-8(12)7(10)11/h1-4,7-8H. The second-order valence-corrected chi connectivity index (χ2v) is 5.22. The number of benzene rings is 1. The molecule has 8 heteroatoms. The minimum atomic E-state index is -4.17. The first-order valence-corrected chi connectivity index (χ1v) is 6.26. The molecule has 0 aliphatic heterocycles. The molecule has 0 bridgehead atoms. The van der Waals surface area contributed by atoms with E-state index < -0.39 is 32.5 Å². The second-order valence-electron chi connectivity index (χ2n) is 2.69. The van der Waals surface area contributed by atoms with Gasteiger partial charge < -0.3 is 4.74 Å². The van der Waals surface area contributed by atoms with Crippen molar-refractivity contribution in [3.63, 3.8) is 0 Å². The van der Waals surface area contributed by atoms with Crippen LogP contribution in [0.15, 0.2) is 29.2 Å². The van der Waals surface area contributed by atoms with Crippen LogP contribution in [-0.2, 0) is 9.05 Å². The normalized spacial score (nSPS) is 13.8. The molecule has 0 aromatic heterocycles. The Morgan fingerprint density at radius 3 is 2.25 bits per heavy atom. The molecule has 0 aliphatic carbocycles. The topological polar surface area (TPSA) is 43.4 Å². The van der Waals surface area contributed by atoms with Crippen LogP contribution in [0.25, 0.3) is 0 Å². The number of rotatable bonds is 4. The van der Waals surface area contributed by atoms with Crippen LogP contribution in [0.2, 0.25) is 0 Å². The highest BCUT2D eigenvalue weighted by atomic mass is 35.7. The maximum absolute atomic E-state index is 12.6. The molecule has 1 rings (SSSR count). The average Bonchev–Trinajstić information content (AvgIpc) is 2.16. The van der Waals surface area contributed by atoms with Gasteiger partial charge in [-0.15, -0.1) is 0 Å². The highest BCUT2D eigenvalue weighted by Gasteiger charge is 2.24. The Bertz CT molecular complexity index is 463. The van der Waals surface area contributed by atoms with E-state index >= 15 is 0 Å². The third kappa shape index (κ3) is 3.28. The zero-order valence-electron chi connectivity index (χ0n) is 7.61. The van der Waals surface area contributed by atoms with Crippen molar-refractivity contribution in [2.75, 3.05) is 0 Å². The van der Waals surface area contributed by atoms with E-state index in [2.05, 4.69) is 4.74 Å². The molecule has 1 aromatic rings. The lowest BCUT2D eigenvalue weighted by atomic mass is 10.3. The predicted octanol–water partition coefficient (Wildman–Crippen LogP) is 2.55. The zero-order chi connectivity index (χ0) is 12.3. The lowest BCUT2D eigenvalue weighted by Crippen LogP contribution is -2.20. The fourth-order valence-electron chi connectivity index (χ4n) is 0.922. The summed E-state index contributed by atoms with van der Waals surface area (Å²) in [7, 11) is 0.840. The van der Waals surface area contributed by atoms with E-state index in [1.54, 1.807) is 0 Å². The molecule has 0 heterocycles. The number of para-hydroxylation sites is 1. The molecule has 0 radical (unpaired) electrons. The van der Waals surface area contributed by atoms with Crippen LogP contribution in [0.4, 0.5) is 13.2 Å². The van der Waals surface area contributed by atoms with Gasteiger partial charge in [0.15, 0.2) is 0 Å². The molecule has 0 saturated carbocycles. The molecule has 1 atom stereocenters. The van der Waals surface area contributed by atoms with Crippen LogP contribution >= 0.6 is 10.7 Å². The monoisotopic (exact) mass is 274 g/mol. The summed E-state index contributed by atoms with van der Waals surface area (Å²) in [4.78, 5) is -0.556. The van der Waals surface area contributed by atoms with Gasteiger partial charge in [0.2, 0.25) is 0 Å². The van der Waals surface area contributed by atoms with Crippen LogP contribution in [-0.4, -0.2) is 21.2 Å². The van der Waals surface area contributed by atoms with Gasteiger partial charge in [-0.1, -0.05) is 12.1 Å². The third-order valence-electron chi connectivity index (χ3n) is 1.55. The van der Waals surface area contributed by atoms with Crippen LogP contribution in [0.3, 0.4) is 0 Å². The van der Waals surface area contributed by atoms with E-state index in [-0.39, 0.29) is 0 Å². The molecule has 0 spiro atoms. The van der Waals surface area contributed by atoms with E-state index in [4.69, 9.17) is 10.7 Å². The van der Waals surface area contributed by atoms with E-state index in [1.807, 2.05) is 0 Å². The van der Waals surface area contributed by atoms with Gasteiger partial charge in [-0.3, -0.25) is 0 Å². The molecule has 0 amide bonds. The fraction of sp³-hybridized carbons (Fsp3) is 0.250. The first-order valence-electron chi connectivity index (χ1n) is 3.95. The van der Waals surface area contributed by atoms with Gasteiger partial charge in [0, 0.05) is 10.7 Å². The van der Waals surface area contributed by atoms with Gasteiger partial charge >= 0.3 is 6.43 Å². The molecule has 0 aliphatic rings. The Hall–Kier alpha value is -0.950. The Morgan fingerprint density at radius 1 is 1.19 bits per heavy atom. The summed E-state index contributed by atoms with van der Waals surface area (Å²) in [6.07, 6.45) is -6.27. The first kappa shape index (κ1) is 13.1. The second kappa shape index (κ2) is 4.92. The Labute approximate surface area is 94.2 Å². The molecule has 16 heavy (non-hydrogen) atoms. The highest BCUT2D eigenvalue weighted by molar-refractivity contribution is 8.13. The van der Waals surface area contributed by atoms with Crippen molar-refractivity contribution >= 4 is 19.7 Å². The van der Waals surface area contributed by atoms with E-state index in [0.717, 1.165) is 12.1 Å². The molecule has 0 saturated heterocycles. The molecule has 0 fully saturated rings. The number of ether oxygens (including phenoxy) is 1. The molecule has 1 unspecified atom stereocenters. The third-order valence-corrected chi connectivity index (χ3v) is 2.91. The van der Waals surface area contributed by atoms with Crippen molar-refractivity contribution < 1.29 is 26.3 Å². The molecular weight excluding hydrogens is 269 g/mol. The number of hydrogen-bond donors (Lipinski definition) is 0. The Balaban J connectivity index is 3.06. The van der Waals surface area contributed by atoms with Gasteiger partial charge in [0.25, 0.3) is 15.4 Å². The number of hydrogen-bond acceptors (Lipinski definition) is 3. The Kier molecular flexibility index (Phi) is 4.03. The Morgan fingerprint density at radius 2 is 1.75 bits per heavy atom. The molecule has 3 nitrogen and oxygen atoms in total. The SMILES string of the molecule is O=S(=O)(Cl)c1ccccc1OC(F)C(F)F. The summed E-state index contributed by atoms with van der Waals surface area (Å²) in [5.41, 5.74) is 0. The van der Waals surface area contributed by atoms with E-state index in [0.29, 0.717) is 0 Å². The van der Waals surface area contributed by atoms with E-state index in [1.165, 1.54) is 12.1 Å². The average molecular weight is 275 g/mol. The van der Waals surface area contributed by atoms with Crippen molar-refractivity contribution in [2.24, 2.45) is 0 Å². The molecular formula is C8H6ClF3O3S. The van der Waals surface area contributed by atoms with E-state index in [9.17, 15) is 21.6 Å². The van der Waals surface area contributed by atoms with Gasteiger partial charge in [-0.25, -0.2) is 17.2 Å². The van der Waals surface area contributed by atoms with Gasteiger partial charge in [-0.2, -0.15) is 4.39 Å². The maximum atomic E-state index is 12.6. The summed E-state index contributed by atoms with van der Waals surface area (Å²) in [6.45, 7) is 0. The fourth-order valence-corrected chi connectivity index (χ4v) is 1.90. The minimum absolute atomic E-state index is 0.551. The maximum Gasteiger partial charge on any atom is 0.304 e. The predicted molar refractivity (Wildman–Crippen MR) is 51.0 cm³/mol. The number of halogens is 4. The van der Waals surface area contributed by atoms with Crippen molar-refractivity contribution in [2.45, 2.75) is 17.7 Å². The number of alkyl halides is 3. The summed E-state index contributed by atoms with van der Waals surface area (Å²) < 4.78 is 62.4. The van der Waals surface area contributed by atoms with Crippen molar-refractivity contribution in [1.82, 2.24) is 0 Å². The molecule has 1 aromatic carbocycles. The quantitative estimate of drug-likeness (QED) is 0.793. The smallest absolute Gasteiger partial charge is 0.304 e.